The van der Waals surface area contributed by atoms with Crippen LogP contribution in [-0.2, 0) is 10.0 Å². The molecule has 1 fully saturated rings. The Hall–Kier alpha value is -1.18. The summed E-state index contributed by atoms with van der Waals surface area (Å²) in [6.07, 6.45) is 3.26. The maximum Gasteiger partial charge on any atom is 0.243 e. The number of sulfonamides is 1. The molecule has 1 saturated heterocycles. The van der Waals surface area contributed by atoms with Crippen LogP contribution in [0.2, 0.25) is 0 Å². The lowest BCUT2D eigenvalue weighted by Crippen LogP contribution is -2.44. The molecule has 6 nitrogen and oxygen atoms in total. The zero-order valence-electron chi connectivity index (χ0n) is 12.2. The third kappa shape index (κ3) is 3.11. The van der Waals surface area contributed by atoms with Gasteiger partial charge in [-0.2, -0.15) is 4.31 Å². The summed E-state index contributed by atoms with van der Waals surface area (Å²) in [7, 11) is 2.39. The summed E-state index contributed by atoms with van der Waals surface area (Å²) in [4.78, 5) is 6.52. The van der Waals surface area contributed by atoms with Crippen molar-refractivity contribution in [3.05, 3.63) is 18.3 Å². The lowest BCUT2D eigenvalue weighted by Gasteiger charge is -2.34. The number of nitrogens with one attached hydrogen (secondary N) is 1. The molecule has 0 saturated carbocycles. The number of hydrogen-bond acceptors (Lipinski definition) is 5. The first-order valence-electron chi connectivity index (χ1n) is 6.75. The Labute approximate surface area is 120 Å². The van der Waals surface area contributed by atoms with E-state index in [1.807, 2.05) is 14.1 Å². The molecule has 0 amide bonds. The van der Waals surface area contributed by atoms with E-state index in [1.165, 1.54) is 6.20 Å². The van der Waals surface area contributed by atoms with Gasteiger partial charge in [0.25, 0.3) is 0 Å². The predicted octanol–water partition coefficient (Wildman–Crippen LogP) is 0.838. The molecule has 1 N–H and O–H groups in total. The van der Waals surface area contributed by atoms with Crippen LogP contribution in [-0.4, -0.2) is 62.9 Å². The quantitative estimate of drug-likeness (QED) is 0.892. The first-order valence-corrected chi connectivity index (χ1v) is 8.19. The molecule has 7 heteroatoms. The molecule has 0 radical (unpaired) electrons. The summed E-state index contributed by atoms with van der Waals surface area (Å²) >= 11 is 0. The lowest BCUT2D eigenvalue weighted by atomic mass is 10.1. The fraction of sp³-hybridized carbons (Fsp3) is 0.615. The Morgan fingerprint density at radius 3 is 2.55 bits per heavy atom. The first-order chi connectivity index (χ1) is 9.45. The van der Waals surface area contributed by atoms with Crippen LogP contribution in [0.5, 0.6) is 0 Å². The van der Waals surface area contributed by atoms with Gasteiger partial charge >= 0.3 is 0 Å². The molecule has 0 spiro atoms. The van der Waals surface area contributed by atoms with Gasteiger partial charge in [-0.25, -0.2) is 13.4 Å². The van der Waals surface area contributed by atoms with Gasteiger partial charge < -0.3 is 10.2 Å². The number of hydrogen-bond donors (Lipinski definition) is 1. The third-order valence-electron chi connectivity index (χ3n) is 3.78. The van der Waals surface area contributed by atoms with Crippen molar-refractivity contribution in [2.75, 3.05) is 39.5 Å². The van der Waals surface area contributed by atoms with Gasteiger partial charge in [0.1, 0.15) is 5.82 Å². The van der Waals surface area contributed by atoms with E-state index in [1.54, 1.807) is 23.5 Å². The monoisotopic (exact) mass is 298 g/mol. The summed E-state index contributed by atoms with van der Waals surface area (Å²) in [5.41, 5.74) is 0. The maximum absolute atomic E-state index is 12.6. The van der Waals surface area contributed by atoms with Crippen molar-refractivity contribution in [1.29, 1.82) is 0 Å². The molecular weight excluding hydrogens is 276 g/mol. The summed E-state index contributed by atoms with van der Waals surface area (Å²) in [5, 5.41) is 2.86. The molecule has 1 aliphatic heterocycles. The summed E-state index contributed by atoms with van der Waals surface area (Å²) < 4.78 is 26.7. The van der Waals surface area contributed by atoms with Crippen LogP contribution in [0.4, 0.5) is 5.82 Å². The second-order valence-electron chi connectivity index (χ2n) is 5.23. The van der Waals surface area contributed by atoms with Crippen molar-refractivity contribution in [2.45, 2.75) is 23.8 Å². The molecule has 1 aliphatic rings. The smallest absolute Gasteiger partial charge is 0.243 e. The molecule has 1 aromatic heterocycles. The minimum atomic E-state index is -3.41. The van der Waals surface area contributed by atoms with E-state index in [0.29, 0.717) is 29.8 Å². The molecule has 20 heavy (non-hydrogen) atoms. The van der Waals surface area contributed by atoms with Gasteiger partial charge in [-0.3, -0.25) is 0 Å². The van der Waals surface area contributed by atoms with Crippen molar-refractivity contribution in [3.8, 4) is 0 Å². The van der Waals surface area contributed by atoms with Crippen molar-refractivity contribution >= 4 is 15.8 Å². The highest BCUT2D eigenvalue weighted by Gasteiger charge is 2.30. The highest BCUT2D eigenvalue weighted by atomic mass is 32.2. The largest absolute Gasteiger partial charge is 0.373 e. The number of rotatable bonds is 4. The number of anilines is 1. The topological polar surface area (TPSA) is 65.5 Å². The van der Waals surface area contributed by atoms with Gasteiger partial charge in [-0.05, 0) is 33.0 Å². The molecule has 2 heterocycles. The van der Waals surface area contributed by atoms with E-state index in [0.717, 1.165) is 12.8 Å². The van der Waals surface area contributed by atoms with E-state index in [2.05, 4.69) is 15.2 Å². The lowest BCUT2D eigenvalue weighted by molar-refractivity contribution is 0.196. The minimum Gasteiger partial charge on any atom is -0.373 e. The number of piperidine rings is 1. The second-order valence-corrected chi connectivity index (χ2v) is 7.16. The molecule has 0 bridgehead atoms. The second kappa shape index (κ2) is 6.07. The van der Waals surface area contributed by atoms with E-state index < -0.39 is 10.0 Å². The van der Waals surface area contributed by atoms with Gasteiger partial charge in [-0.1, -0.05) is 0 Å². The van der Waals surface area contributed by atoms with E-state index in [4.69, 9.17) is 0 Å². The predicted molar refractivity (Wildman–Crippen MR) is 79.3 cm³/mol. The summed E-state index contributed by atoms with van der Waals surface area (Å²) in [6.45, 7) is 1.14. The average Bonchev–Trinajstić information content (AvgIpc) is 2.47. The average molecular weight is 298 g/mol. The Bertz CT molecular complexity index is 551. The minimum absolute atomic E-state index is 0.306. The number of aromatic nitrogens is 1. The Balaban J connectivity index is 2.15. The normalized spacial score (nSPS) is 18.4. The van der Waals surface area contributed by atoms with Gasteiger partial charge in [-0.15, -0.1) is 0 Å². The summed E-state index contributed by atoms with van der Waals surface area (Å²) in [5.74, 6) is 0.564. The van der Waals surface area contributed by atoms with Crippen molar-refractivity contribution < 1.29 is 8.42 Å². The van der Waals surface area contributed by atoms with Crippen LogP contribution >= 0.6 is 0 Å². The zero-order valence-corrected chi connectivity index (χ0v) is 13.0. The fourth-order valence-electron chi connectivity index (χ4n) is 2.46. The SMILES string of the molecule is CNc1cc(S(=O)(=O)N2CCC(N(C)C)CC2)ccn1. The molecule has 1 aromatic rings. The number of nitrogens with zero attached hydrogens (tertiary/aromatic N) is 3. The highest BCUT2D eigenvalue weighted by Crippen LogP contribution is 2.23. The molecular formula is C13H22N4O2S. The standard InChI is InChI=1S/C13H22N4O2S/c1-14-13-10-12(4-7-15-13)20(18,19)17-8-5-11(6-9-17)16(2)3/h4,7,10-11H,5-6,8-9H2,1-3H3,(H,14,15). The van der Waals surface area contributed by atoms with Gasteiger partial charge in [0.2, 0.25) is 10.0 Å². The van der Waals surface area contributed by atoms with Crippen molar-refractivity contribution in [2.24, 2.45) is 0 Å². The Morgan fingerprint density at radius 1 is 1.35 bits per heavy atom. The van der Waals surface area contributed by atoms with Gasteiger partial charge in [0, 0.05) is 38.4 Å². The number of pyridine rings is 1. The Kier molecular flexibility index (Phi) is 4.62. The molecule has 0 aromatic carbocycles. The van der Waals surface area contributed by atoms with Crippen LogP contribution in [0.1, 0.15) is 12.8 Å². The van der Waals surface area contributed by atoms with Crippen LogP contribution in [0.25, 0.3) is 0 Å². The molecule has 0 atom stereocenters. The van der Waals surface area contributed by atoms with Crippen molar-refractivity contribution in [3.63, 3.8) is 0 Å². The van der Waals surface area contributed by atoms with E-state index in [9.17, 15) is 8.42 Å². The highest BCUT2D eigenvalue weighted by molar-refractivity contribution is 7.89. The van der Waals surface area contributed by atoms with Crippen LogP contribution in [0.15, 0.2) is 23.2 Å². The van der Waals surface area contributed by atoms with Crippen molar-refractivity contribution in [1.82, 2.24) is 14.2 Å². The third-order valence-corrected chi connectivity index (χ3v) is 5.67. The molecule has 2 rings (SSSR count). The van der Waals surface area contributed by atoms with Crippen LogP contribution in [0, 0.1) is 0 Å². The van der Waals surface area contributed by atoms with E-state index >= 15 is 0 Å². The zero-order chi connectivity index (χ0) is 14.8. The van der Waals surface area contributed by atoms with Gasteiger partial charge in [0.05, 0.1) is 4.90 Å². The summed E-state index contributed by atoms with van der Waals surface area (Å²) in [6, 6.07) is 3.59. The van der Waals surface area contributed by atoms with Crippen LogP contribution in [0.3, 0.4) is 0 Å². The van der Waals surface area contributed by atoms with Gasteiger partial charge in [0.15, 0.2) is 0 Å². The molecule has 0 unspecified atom stereocenters. The molecule has 112 valence electrons. The molecule has 0 aliphatic carbocycles. The first kappa shape index (κ1) is 15.2. The Morgan fingerprint density at radius 2 is 2.00 bits per heavy atom. The fourth-order valence-corrected chi connectivity index (χ4v) is 3.94. The maximum atomic E-state index is 12.6. The van der Waals surface area contributed by atoms with E-state index in [-0.39, 0.29) is 0 Å². The van der Waals surface area contributed by atoms with Crippen LogP contribution < -0.4 is 5.32 Å².